The van der Waals surface area contributed by atoms with Crippen LogP contribution < -0.4 is 11.1 Å². The Morgan fingerprint density at radius 2 is 2.03 bits per heavy atom. The van der Waals surface area contributed by atoms with E-state index in [0.717, 1.165) is 48.9 Å². The summed E-state index contributed by atoms with van der Waals surface area (Å²) in [5.74, 6) is 0.454. The summed E-state index contributed by atoms with van der Waals surface area (Å²) < 4.78 is 0. The fourth-order valence-corrected chi connectivity index (χ4v) is 5.60. The van der Waals surface area contributed by atoms with E-state index in [0.29, 0.717) is 17.8 Å². The highest BCUT2D eigenvalue weighted by Crippen LogP contribution is 2.50. The van der Waals surface area contributed by atoms with E-state index in [1.54, 1.807) is 0 Å². The van der Waals surface area contributed by atoms with Crippen molar-refractivity contribution in [1.82, 2.24) is 15.2 Å². The average Bonchev–Trinajstić information content (AvgIpc) is 3.31. The van der Waals surface area contributed by atoms with Crippen molar-refractivity contribution in [2.45, 2.75) is 51.5 Å². The second kappa shape index (κ2) is 8.19. The van der Waals surface area contributed by atoms with Gasteiger partial charge in [-0.15, -0.1) is 0 Å². The normalized spacial score (nSPS) is 22.1. The first-order valence-corrected chi connectivity index (χ1v) is 10.8. The first-order chi connectivity index (χ1) is 14.0. The highest BCUT2D eigenvalue weighted by molar-refractivity contribution is 5.89. The SMILES string of the molecule is CC(=O)NC(Cc1c[nH]c2ccccc12)C(=O)N1CCC2(CCCC2CN)CC1. The smallest absolute Gasteiger partial charge is 0.245 e. The predicted molar refractivity (Wildman–Crippen MR) is 114 cm³/mol. The van der Waals surface area contributed by atoms with E-state index < -0.39 is 6.04 Å². The van der Waals surface area contributed by atoms with Crippen molar-refractivity contribution in [2.24, 2.45) is 17.1 Å². The van der Waals surface area contributed by atoms with Crippen molar-refractivity contribution >= 4 is 22.7 Å². The molecule has 6 heteroatoms. The number of amides is 2. The molecular weight excluding hydrogens is 364 g/mol. The number of hydrogen-bond acceptors (Lipinski definition) is 3. The highest BCUT2D eigenvalue weighted by Gasteiger charge is 2.45. The Morgan fingerprint density at radius 3 is 2.76 bits per heavy atom. The van der Waals surface area contributed by atoms with E-state index in [2.05, 4.69) is 10.3 Å². The van der Waals surface area contributed by atoms with Crippen molar-refractivity contribution in [3.05, 3.63) is 36.0 Å². The van der Waals surface area contributed by atoms with Crippen LogP contribution in [0.3, 0.4) is 0 Å². The Hall–Kier alpha value is -2.34. The number of aromatic nitrogens is 1. The third-order valence-electron chi connectivity index (χ3n) is 7.22. The number of H-pyrrole nitrogens is 1. The lowest BCUT2D eigenvalue weighted by Crippen LogP contribution is -2.53. The third kappa shape index (κ3) is 3.90. The number of rotatable bonds is 5. The van der Waals surface area contributed by atoms with Crippen molar-refractivity contribution in [2.75, 3.05) is 19.6 Å². The van der Waals surface area contributed by atoms with Gasteiger partial charge in [-0.2, -0.15) is 0 Å². The van der Waals surface area contributed by atoms with Crippen molar-refractivity contribution in [3.8, 4) is 0 Å². The molecule has 2 heterocycles. The fourth-order valence-electron chi connectivity index (χ4n) is 5.60. The Bertz CT molecular complexity index is 882. The zero-order chi connectivity index (χ0) is 20.4. The van der Waals surface area contributed by atoms with Crippen LogP contribution in [0.5, 0.6) is 0 Å². The number of nitrogens with two attached hydrogens (primary N) is 1. The number of fused-ring (bicyclic) bond motifs is 1. The van der Waals surface area contributed by atoms with E-state index in [1.165, 1.54) is 26.2 Å². The van der Waals surface area contributed by atoms with Crippen LogP contribution in [-0.2, 0) is 16.0 Å². The monoisotopic (exact) mass is 396 g/mol. The van der Waals surface area contributed by atoms with E-state index in [9.17, 15) is 9.59 Å². The van der Waals surface area contributed by atoms with Crippen LogP contribution in [0.25, 0.3) is 10.9 Å². The van der Waals surface area contributed by atoms with Gasteiger partial charge in [-0.3, -0.25) is 9.59 Å². The minimum absolute atomic E-state index is 0.0302. The molecular formula is C23H32N4O2. The molecule has 1 saturated heterocycles. The summed E-state index contributed by atoms with van der Waals surface area (Å²) in [6.45, 7) is 3.76. The van der Waals surface area contributed by atoms with Crippen LogP contribution in [0.15, 0.2) is 30.5 Å². The zero-order valence-corrected chi connectivity index (χ0v) is 17.2. The van der Waals surface area contributed by atoms with Crippen LogP contribution in [-0.4, -0.2) is 47.4 Å². The molecule has 2 fully saturated rings. The second-order valence-electron chi connectivity index (χ2n) is 8.83. The van der Waals surface area contributed by atoms with Gasteiger partial charge in [-0.05, 0) is 55.2 Å². The van der Waals surface area contributed by atoms with Crippen molar-refractivity contribution in [3.63, 3.8) is 0 Å². The largest absolute Gasteiger partial charge is 0.361 e. The number of nitrogens with one attached hydrogen (secondary N) is 2. The summed E-state index contributed by atoms with van der Waals surface area (Å²) in [5.41, 5.74) is 8.45. The summed E-state index contributed by atoms with van der Waals surface area (Å²) in [6, 6.07) is 7.52. The zero-order valence-electron chi connectivity index (χ0n) is 17.2. The number of nitrogens with zero attached hydrogens (tertiary/aromatic N) is 1. The van der Waals surface area contributed by atoms with Gasteiger partial charge in [0, 0.05) is 43.5 Å². The molecule has 2 amide bonds. The summed E-state index contributed by atoms with van der Waals surface area (Å²) in [6.07, 6.45) is 8.21. The molecule has 1 aliphatic carbocycles. The topological polar surface area (TPSA) is 91.2 Å². The Morgan fingerprint density at radius 1 is 1.28 bits per heavy atom. The molecule has 4 rings (SSSR count). The van der Waals surface area contributed by atoms with Crippen LogP contribution in [0, 0.1) is 11.3 Å². The molecule has 1 aromatic carbocycles. The van der Waals surface area contributed by atoms with E-state index in [1.807, 2.05) is 35.4 Å². The van der Waals surface area contributed by atoms with Crippen LogP contribution in [0.1, 0.15) is 44.6 Å². The molecule has 0 radical (unpaired) electrons. The molecule has 2 aliphatic rings. The molecule has 1 aromatic heterocycles. The summed E-state index contributed by atoms with van der Waals surface area (Å²) >= 11 is 0. The highest BCUT2D eigenvalue weighted by atomic mass is 16.2. The Balaban J connectivity index is 1.47. The maximum Gasteiger partial charge on any atom is 0.245 e. The number of carbonyl (C=O) groups is 2. The Labute approximate surface area is 172 Å². The fraction of sp³-hybridized carbons (Fsp3) is 0.565. The van der Waals surface area contributed by atoms with Crippen molar-refractivity contribution < 1.29 is 9.59 Å². The first kappa shape index (κ1) is 20.0. The quantitative estimate of drug-likeness (QED) is 0.725. The molecule has 29 heavy (non-hydrogen) atoms. The third-order valence-corrected chi connectivity index (χ3v) is 7.22. The molecule has 2 atom stereocenters. The molecule has 6 nitrogen and oxygen atoms in total. The lowest BCUT2D eigenvalue weighted by molar-refractivity contribution is -0.138. The molecule has 4 N–H and O–H groups in total. The number of para-hydroxylation sites is 1. The van der Waals surface area contributed by atoms with Gasteiger partial charge in [0.15, 0.2) is 0 Å². The van der Waals surface area contributed by atoms with E-state index in [-0.39, 0.29) is 11.8 Å². The maximum atomic E-state index is 13.3. The maximum absolute atomic E-state index is 13.3. The average molecular weight is 397 g/mol. The molecule has 2 aromatic rings. The standard InChI is InChI=1S/C23H32N4O2/c1-16(28)26-21(13-17-15-25-20-7-3-2-6-19(17)20)22(29)27-11-9-23(10-12-27)8-4-5-18(23)14-24/h2-3,6-7,15,18,21,25H,4-5,8-14,24H2,1H3,(H,26,28). The summed E-state index contributed by atoms with van der Waals surface area (Å²) in [5, 5.41) is 4.00. The lowest BCUT2D eigenvalue weighted by atomic mass is 9.70. The molecule has 1 saturated carbocycles. The van der Waals surface area contributed by atoms with Gasteiger partial charge in [0.25, 0.3) is 0 Å². The van der Waals surface area contributed by atoms with Gasteiger partial charge in [-0.1, -0.05) is 24.6 Å². The van der Waals surface area contributed by atoms with Crippen LogP contribution >= 0.6 is 0 Å². The number of benzene rings is 1. The van der Waals surface area contributed by atoms with Gasteiger partial charge in [0.05, 0.1) is 0 Å². The molecule has 2 unspecified atom stereocenters. The molecule has 1 spiro atoms. The van der Waals surface area contributed by atoms with Gasteiger partial charge in [0.2, 0.25) is 11.8 Å². The number of aromatic amines is 1. The summed E-state index contributed by atoms with van der Waals surface area (Å²) in [7, 11) is 0. The van der Waals surface area contributed by atoms with E-state index >= 15 is 0 Å². The first-order valence-electron chi connectivity index (χ1n) is 10.8. The molecule has 0 bridgehead atoms. The van der Waals surface area contributed by atoms with Gasteiger partial charge in [0.1, 0.15) is 6.04 Å². The van der Waals surface area contributed by atoms with Gasteiger partial charge < -0.3 is 20.9 Å². The minimum atomic E-state index is -0.533. The summed E-state index contributed by atoms with van der Waals surface area (Å²) in [4.78, 5) is 30.4. The number of piperidine rings is 1. The minimum Gasteiger partial charge on any atom is -0.361 e. The Kier molecular flexibility index (Phi) is 5.63. The number of carbonyl (C=O) groups excluding carboxylic acids is 2. The van der Waals surface area contributed by atoms with Gasteiger partial charge >= 0.3 is 0 Å². The lowest BCUT2D eigenvalue weighted by Gasteiger charge is -2.43. The second-order valence-corrected chi connectivity index (χ2v) is 8.83. The molecule has 156 valence electrons. The van der Waals surface area contributed by atoms with Crippen LogP contribution in [0.2, 0.25) is 0 Å². The van der Waals surface area contributed by atoms with E-state index in [4.69, 9.17) is 5.73 Å². The van der Waals surface area contributed by atoms with Gasteiger partial charge in [-0.25, -0.2) is 0 Å². The molecule has 1 aliphatic heterocycles. The number of hydrogen-bond donors (Lipinski definition) is 3. The van der Waals surface area contributed by atoms with Crippen LogP contribution in [0.4, 0.5) is 0 Å². The predicted octanol–water partition coefficient (Wildman–Crippen LogP) is 2.58. The number of likely N-dealkylation sites (tertiary alicyclic amines) is 1. The van der Waals surface area contributed by atoms with Crippen molar-refractivity contribution in [1.29, 1.82) is 0 Å².